The van der Waals surface area contributed by atoms with Crippen molar-refractivity contribution >= 4 is 5.91 Å². The van der Waals surface area contributed by atoms with Gasteiger partial charge in [0.25, 0.3) is 0 Å². The van der Waals surface area contributed by atoms with E-state index < -0.39 is 0 Å². The Hall–Kier alpha value is -0.610. The number of hydrogen-bond acceptors (Lipinski definition) is 3. The third kappa shape index (κ3) is 4.62. The maximum Gasteiger partial charge on any atom is 0.234 e. The van der Waals surface area contributed by atoms with Gasteiger partial charge in [0.05, 0.1) is 6.04 Å². The van der Waals surface area contributed by atoms with E-state index >= 15 is 0 Å². The fourth-order valence-electron chi connectivity index (χ4n) is 1.94. The quantitative estimate of drug-likeness (QED) is 0.553. The minimum atomic E-state index is -0.215. The van der Waals surface area contributed by atoms with E-state index in [0.29, 0.717) is 12.0 Å². The maximum absolute atomic E-state index is 10.9. The van der Waals surface area contributed by atoms with Gasteiger partial charge in [0, 0.05) is 6.04 Å². The van der Waals surface area contributed by atoms with Crippen molar-refractivity contribution in [2.24, 2.45) is 11.7 Å². The van der Waals surface area contributed by atoms with Crippen LogP contribution >= 0.6 is 0 Å². The molecule has 1 fully saturated rings. The van der Waals surface area contributed by atoms with E-state index in [0.717, 1.165) is 32.4 Å². The predicted molar refractivity (Wildman–Crippen MR) is 61.5 cm³/mol. The summed E-state index contributed by atoms with van der Waals surface area (Å²) in [7, 11) is 0. The molecule has 1 heterocycles. The van der Waals surface area contributed by atoms with Crippen molar-refractivity contribution in [2.45, 2.75) is 45.2 Å². The largest absolute Gasteiger partial charge is 0.368 e. The second-order valence-electron chi connectivity index (χ2n) is 4.78. The number of hydrogen-bond donors (Lipinski definition) is 3. The lowest BCUT2D eigenvalue weighted by molar-refractivity contribution is -0.119. The third-order valence-corrected chi connectivity index (χ3v) is 2.81. The summed E-state index contributed by atoms with van der Waals surface area (Å²) in [6.07, 6.45) is 3.04. The molecule has 88 valence electrons. The fourth-order valence-corrected chi connectivity index (χ4v) is 1.94. The molecule has 0 aromatic heterocycles. The standard InChI is InChI=1S/C11H23N3O/c1-8(2)7-13-6-5-9-3-4-10(14-9)11(12)15/h8-10,13-14H,3-7H2,1-2H3,(H2,12,15). The molecule has 1 aliphatic heterocycles. The van der Waals surface area contributed by atoms with Crippen molar-refractivity contribution in [3.05, 3.63) is 0 Å². The summed E-state index contributed by atoms with van der Waals surface area (Å²) < 4.78 is 0. The molecule has 4 heteroatoms. The van der Waals surface area contributed by atoms with E-state index in [2.05, 4.69) is 24.5 Å². The molecule has 1 aliphatic rings. The number of carbonyl (C=O) groups excluding carboxylic acids is 1. The summed E-state index contributed by atoms with van der Waals surface area (Å²) >= 11 is 0. The summed E-state index contributed by atoms with van der Waals surface area (Å²) in [6.45, 7) is 6.47. The van der Waals surface area contributed by atoms with Crippen LogP contribution in [0.5, 0.6) is 0 Å². The average Bonchev–Trinajstić information content (AvgIpc) is 2.60. The van der Waals surface area contributed by atoms with Gasteiger partial charge in [-0.05, 0) is 38.3 Å². The smallest absolute Gasteiger partial charge is 0.234 e. The summed E-state index contributed by atoms with van der Waals surface area (Å²) in [5.41, 5.74) is 5.24. The lowest BCUT2D eigenvalue weighted by Crippen LogP contribution is -2.40. The summed E-state index contributed by atoms with van der Waals surface area (Å²) in [5.74, 6) is 0.479. The van der Waals surface area contributed by atoms with Crippen LogP contribution in [0.25, 0.3) is 0 Å². The molecule has 0 aromatic carbocycles. The Morgan fingerprint density at radius 1 is 1.53 bits per heavy atom. The predicted octanol–water partition coefficient (Wildman–Crippen LogP) is 0.228. The van der Waals surface area contributed by atoms with Crippen LogP contribution in [0.4, 0.5) is 0 Å². The van der Waals surface area contributed by atoms with Crippen LogP contribution in [0, 0.1) is 5.92 Å². The molecule has 0 spiro atoms. The molecule has 2 atom stereocenters. The number of rotatable bonds is 6. The first-order valence-electron chi connectivity index (χ1n) is 5.85. The molecule has 0 aromatic rings. The zero-order valence-electron chi connectivity index (χ0n) is 9.75. The molecule has 0 bridgehead atoms. The van der Waals surface area contributed by atoms with Crippen LogP contribution in [0.1, 0.15) is 33.1 Å². The Kier molecular flexibility index (Phi) is 5.05. The normalized spacial score (nSPS) is 26.1. The first kappa shape index (κ1) is 12.5. The summed E-state index contributed by atoms with van der Waals surface area (Å²) in [4.78, 5) is 10.9. The number of carbonyl (C=O) groups is 1. The maximum atomic E-state index is 10.9. The Morgan fingerprint density at radius 2 is 2.27 bits per heavy atom. The van der Waals surface area contributed by atoms with Gasteiger partial charge in [-0.2, -0.15) is 0 Å². The summed E-state index contributed by atoms with van der Waals surface area (Å²) in [6, 6.07) is 0.363. The Labute approximate surface area is 92.0 Å². The lowest BCUT2D eigenvalue weighted by Gasteiger charge is -2.13. The molecule has 15 heavy (non-hydrogen) atoms. The highest BCUT2D eigenvalue weighted by Crippen LogP contribution is 2.14. The highest BCUT2D eigenvalue weighted by molar-refractivity contribution is 5.80. The van der Waals surface area contributed by atoms with E-state index in [1.54, 1.807) is 0 Å². The van der Waals surface area contributed by atoms with Gasteiger partial charge in [-0.3, -0.25) is 4.79 Å². The Morgan fingerprint density at radius 3 is 2.80 bits per heavy atom. The minimum Gasteiger partial charge on any atom is -0.368 e. The molecule has 1 amide bonds. The van der Waals surface area contributed by atoms with Gasteiger partial charge < -0.3 is 16.4 Å². The van der Waals surface area contributed by atoms with Gasteiger partial charge in [0.1, 0.15) is 0 Å². The fraction of sp³-hybridized carbons (Fsp3) is 0.909. The zero-order chi connectivity index (χ0) is 11.3. The van der Waals surface area contributed by atoms with Crippen molar-refractivity contribution in [3.8, 4) is 0 Å². The molecule has 1 saturated heterocycles. The van der Waals surface area contributed by atoms with Crippen molar-refractivity contribution in [2.75, 3.05) is 13.1 Å². The number of nitrogens with one attached hydrogen (secondary N) is 2. The highest BCUT2D eigenvalue weighted by atomic mass is 16.1. The molecule has 2 unspecified atom stereocenters. The van der Waals surface area contributed by atoms with Gasteiger partial charge in [0.2, 0.25) is 5.91 Å². The van der Waals surface area contributed by atoms with Crippen LogP contribution in [0.15, 0.2) is 0 Å². The van der Waals surface area contributed by atoms with Crippen molar-refractivity contribution in [1.29, 1.82) is 0 Å². The van der Waals surface area contributed by atoms with Gasteiger partial charge in [-0.1, -0.05) is 13.8 Å². The molecule has 1 rings (SSSR count). The molecule has 4 nitrogen and oxygen atoms in total. The molecule has 0 aliphatic carbocycles. The lowest BCUT2D eigenvalue weighted by atomic mass is 10.1. The van der Waals surface area contributed by atoms with E-state index in [-0.39, 0.29) is 11.9 Å². The van der Waals surface area contributed by atoms with Gasteiger partial charge >= 0.3 is 0 Å². The number of amides is 1. The van der Waals surface area contributed by atoms with E-state index in [1.165, 1.54) is 0 Å². The van der Waals surface area contributed by atoms with E-state index in [9.17, 15) is 4.79 Å². The zero-order valence-corrected chi connectivity index (χ0v) is 9.75. The van der Waals surface area contributed by atoms with Gasteiger partial charge in [-0.25, -0.2) is 0 Å². The van der Waals surface area contributed by atoms with Crippen molar-refractivity contribution in [1.82, 2.24) is 10.6 Å². The first-order chi connectivity index (χ1) is 7.09. The van der Waals surface area contributed by atoms with E-state index in [4.69, 9.17) is 5.73 Å². The summed E-state index contributed by atoms with van der Waals surface area (Å²) in [5, 5.41) is 6.66. The second-order valence-corrected chi connectivity index (χ2v) is 4.78. The third-order valence-electron chi connectivity index (χ3n) is 2.81. The van der Waals surface area contributed by atoms with Crippen LogP contribution in [-0.4, -0.2) is 31.1 Å². The minimum absolute atomic E-state index is 0.0971. The molecule has 0 saturated carbocycles. The number of nitrogens with two attached hydrogens (primary N) is 1. The molecular formula is C11H23N3O. The van der Waals surface area contributed by atoms with Crippen LogP contribution < -0.4 is 16.4 Å². The average molecular weight is 213 g/mol. The topological polar surface area (TPSA) is 67.1 Å². The van der Waals surface area contributed by atoms with E-state index in [1.807, 2.05) is 0 Å². The monoisotopic (exact) mass is 213 g/mol. The van der Waals surface area contributed by atoms with Crippen LogP contribution in [-0.2, 0) is 4.79 Å². The Bertz CT molecular complexity index is 206. The van der Waals surface area contributed by atoms with Crippen LogP contribution in [0.2, 0.25) is 0 Å². The molecular weight excluding hydrogens is 190 g/mol. The highest BCUT2D eigenvalue weighted by Gasteiger charge is 2.26. The van der Waals surface area contributed by atoms with Crippen molar-refractivity contribution in [3.63, 3.8) is 0 Å². The second kappa shape index (κ2) is 6.08. The first-order valence-corrected chi connectivity index (χ1v) is 5.85. The molecule has 4 N–H and O–H groups in total. The van der Waals surface area contributed by atoms with Gasteiger partial charge in [0.15, 0.2) is 0 Å². The van der Waals surface area contributed by atoms with Crippen LogP contribution in [0.3, 0.4) is 0 Å². The number of primary amides is 1. The van der Waals surface area contributed by atoms with Gasteiger partial charge in [-0.15, -0.1) is 0 Å². The Balaban J connectivity index is 2.06. The van der Waals surface area contributed by atoms with Crippen molar-refractivity contribution < 1.29 is 4.79 Å². The molecule has 0 radical (unpaired) electrons. The SMILES string of the molecule is CC(C)CNCCC1CCC(C(N)=O)N1.